The van der Waals surface area contributed by atoms with E-state index >= 15 is 0 Å². The van der Waals surface area contributed by atoms with E-state index in [2.05, 4.69) is 34.3 Å². The van der Waals surface area contributed by atoms with Crippen molar-refractivity contribution in [1.29, 1.82) is 0 Å². The molecule has 0 radical (unpaired) electrons. The number of hydrogen-bond acceptors (Lipinski definition) is 3. The van der Waals surface area contributed by atoms with Gasteiger partial charge in [0, 0.05) is 25.3 Å². The van der Waals surface area contributed by atoms with E-state index in [0.717, 1.165) is 19.6 Å². The molecule has 3 nitrogen and oxygen atoms in total. The van der Waals surface area contributed by atoms with Crippen molar-refractivity contribution in [2.75, 3.05) is 19.6 Å². The van der Waals surface area contributed by atoms with Crippen molar-refractivity contribution in [3.05, 3.63) is 30.1 Å². The molecule has 0 bridgehead atoms. The Morgan fingerprint density at radius 2 is 2.44 bits per heavy atom. The van der Waals surface area contributed by atoms with Gasteiger partial charge in [-0.3, -0.25) is 9.88 Å². The number of rotatable bonds is 5. The van der Waals surface area contributed by atoms with Crippen molar-refractivity contribution >= 4 is 0 Å². The quantitative estimate of drug-likeness (QED) is 0.816. The SMILES string of the molecule is CCN(Cc1ccccn1)C[C@H]1CCCN1. The first-order chi connectivity index (χ1) is 7.88. The molecule has 16 heavy (non-hydrogen) atoms. The molecule has 1 saturated heterocycles. The number of aromatic nitrogens is 1. The van der Waals surface area contributed by atoms with Gasteiger partial charge in [-0.15, -0.1) is 0 Å². The maximum atomic E-state index is 4.38. The molecule has 1 aliphatic rings. The molecule has 1 aliphatic heterocycles. The zero-order valence-electron chi connectivity index (χ0n) is 10.0. The summed E-state index contributed by atoms with van der Waals surface area (Å²) in [5, 5.41) is 3.55. The highest BCUT2D eigenvalue weighted by molar-refractivity contribution is 5.03. The Morgan fingerprint density at radius 1 is 1.50 bits per heavy atom. The molecule has 0 aliphatic carbocycles. The molecule has 1 N–H and O–H groups in total. The van der Waals surface area contributed by atoms with Crippen LogP contribution >= 0.6 is 0 Å². The van der Waals surface area contributed by atoms with Crippen molar-refractivity contribution in [3.8, 4) is 0 Å². The van der Waals surface area contributed by atoms with Crippen LogP contribution in [0.5, 0.6) is 0 Å². The van der Waals surface area contributed by atoms with Crippen LogP contribution in [0.3, 0.4) is 0 Å². The van der Waals surface area contributed by atoms with Crippen molar-refractivity contribution in [1.82, 2.24) is 15.2 Å². The Balaban J connectivity index is 1.85. The second-order valence-corrected chi connectivity index (χ2v) is 4.44. The van der Waals surface area contributed by atoms with Crippen LogP contribution in [-0.2, 0) is 6.54 Å². The second kappa shape index (κ2) is 5.97. The van der Waals surface area contributed by atoms with Crippen LogP contribution in [0, 0.1) is 0 Å². The van der Waals surface area contributed by atoms with Gasteiger partial charge in [-0.1, -0.05) is 13.0 Å². The molecule has 3 heteroatoms. The second-order valence-electron chi connectivity index (χ2n) is 4.44. The molecule has 1 aromatic rings. The molecular formula is C13H21N3. The molecule has 0 spiro atoms. The molecule has 1 fully saturated rings. The number of likely N-dealkylation sites (N-methyl/N-ethyl adjacent to an activating group) is 1. The summed E-state index contributed by atoms with van der Waals surface area (Å²) in [6.45, 7) is 6.61. The maximum absolute atomic E-state index is 4.38. The van der Waals surface area contributed by atoms with Gasteiger partial charge in [-0.25, -0.2) is 0 Å². The lowest BCUT2D eigenvalue weighted by molar-refractivity contribution is 0.251. The third kappa shape index (κ3) is 3.29. The first kappa shape index (κ1) is 11.6. The fraction of sp³-hybridized carbons (Fsp3) is 0.615. The number of pyridine rings is 1. The molecule has 2 rings (SSSR count). The van der Waals surface area contributed by atoms with Crippen LogP contribution < -0.4 is 5.32 Å². The lowest BCUT2D eigenvalue weighted by Gasteiger charge is -2.23. The Labute approximate surface area is 97.9 Å². The Hall–Kier alpha value is -0.930. The van der Waals surface area contributed by atoms with Gasteiger partial charge in [0.1, 0.15) is 0 Å². The van der Waals surface area contributed by atoms with Crippen LogP contribution in [0.25, 0.3) is 0 Å². The van der Waals surface area contributed by atoms with Gasteiger partial charge in [0.05, 0.1) is 5.69 Å². The molecule has 88 valence electrons. The van der Waals surface area contributed by atoms with Gasteiger partial charge in [0.2, 0.25) is 0 Å². The topological polar surface area (TPSA) is 28.2 Å². The smallest absolute Gasteiger partial charge is 0.0543 e. The summed E-state index contributed by atoms with van der Waals surface area (Å²) in [7, 11) is 0. The molecule has 1 atom stereocenters. The first-order valence-electron chi connectivity index (χ1n) is 6.24. The highest BCUT2D eigenvalue weighted by atomic mass is 15.2. The number of hydrogen-bond donors (Lipinski definition) is 1. The van der Waals surface area contributed by atoms with Crippen LogP contribution in [0.15, 0.2) is 24.4 Å². The average molecular weight is 219 g/mol. The lowest BCUT2D eigenvalue weighted by atomic mass is 10.2. The fourth-order valence-electron chi connectivity index (χ4n) is 2.25. The van der Waals surface area contributed by atoms with Crippen molar-refractivity contribution in [2.45, 2.75) is 32.4 Å². The zero-order valence-corrected chi connectivity index (χ0v) is 10.0. The normalized spacial score (nSPS) is 20.5. The molecule has 2 heterocycles. The van der Waals surface area contributed by atoms with Gasteiger partial charge >= 0.3 is 0 Å². The fourth-order valence-corrected chi connectivity index (χ4v) is 2.25. The van der Waals surface area contributed by atoms with Crippen molar-refractivity contribution in [2.24, 2.45) is 0 Å². The summed E-state index contributed by atoms with van der Waals surface area (Å²) in [5.74, 6) is 0. The standard InChI is InChI=1S/C13H21N3/c1-2-16(11-13-7-5-9-15-13)10-12-6-3-4-8-14-12/h3-4,6,8,13,15H,2,5,7,9-11H2,1H3/t13-/m1/s1. The molecular weight excluding hydrogens is 198 g/mol. The Morgan fingerprint density at radius 3 is 3.06 bits per heavy atom. The predicted molar refractivity (Wildman–Crippen MR) is 66.2 cm³/mol. The van der Waals surface area contributed by atoms with E-state index < -0.39 is 0 Å². The summed E-state index contributed by atoms with van der Waals surface area (Å²) < 4.78 is 0. The van der Waals surface area contributed by atoms with E-state index in [1.807, 2.05) is 12.3 Å². The number of nitrogens with zero attached hydrogens (tertiary/aromatic N) is 2. The first-order valence-corrected chi connectivity index (χ1v) is 6.24. The predicted octanol–water partition coefficient (Wildman–Crippen LogP) is 1.66. The largest absolute Gasteiger partial charge is 0.313 e. The molecule has 0 amide bonds. The minimum absolute atomic E-state index is 0.684. The van der Waals surface area contributed by atoms with Gasteiger partial charge < -0.3 is 5.32 Å². The van der Waals surface area contributed by atoms with E-state index in [1.165, 1.54) is 25.1 Å². The summed E-state index contributed by atoms with van der Waals surface area (Å²) in [6.07, 6.45) is 4.52. The maximum Gasteiger partial charge on any atom is 0.0543 e. The average Bonchev–Trinajstić information content (AvgIpc) is 2.82. The highest BCUT2D eigenvalue weighted by Gasteiger charge is 2.17. The third-order valence-electron chi connectivity index (χ3n) is 3.20. The summed E-state index contributed by atoms with van der Waals surface area (Å²) in [5.41, 5.74) is 1.17. The van der Waals surface area contributed by atoms with Crippen LogP contribution in [0.4, 0.5) is 0 Å². The third-order valence-corrected chi connectivity index (χ3v) is 3.20. The molecule has 0 unspecified atom stereocenters. The molecule has 1 aromatic heterocycles. The zero-order chi connectivity index (χ0) is 11.2. The van der Waals surface area contributed by atoms with Gasteiger partial charge in [0.15, 0.2) is 0 Å². The summed E-state index contributed by atoms with van der Waals surface area (Å²) in [6, 6.07) is 6.82. The monoisotopic (exact) mass is 219 g/mol. The summed E-state index contributed by atoms with van der Waals surface area (Å²) >= 11 is 0. The minimum Gasteiger partial charge on any atom is -0.313 e. The van der Waals surface area contributed by atoms with Crippen LogP contribution in [0.1, 0.15) is 25.5 Å². The van der Waals surface area contributed by atoms with E-state index in [9.17, 15) is 0 Å². The highest BCUT2D eigenvalue weighted by Crippen LogP contribution is 2.09. The van der Waals surface area contributed by atoms with E-state index in [1.54, 1.807) is 0 Å². The van der Waals surface area contributed by atoms with Crippen LogP contribution in [-0.4, -0.2) is 35.6 Å². The molecule has 0 aromatic carbocycles. The summed E-state index contributed by atoms with van der Waals surface area (Å²) in [4.78, 5) is 6.84. The lowest BCUT2D eigenvalue weighted by Crippen LogP contribution is -2.37. The number of nitrogens with one attached hydrogen (secondary N) is 1. The van der Waals surface area contributed by atoms with Crippen LogP contribution in [0.2, 0.25) is 0 Å². The van der Waals surface area contributed by atoms with Gasteiger partial charge in [-0.05, 0) is 38.1 Å². The van der Waals surface area contributed by atoms with E-state index in [-0.39, 0.29) is 0 Å². The van der Waals surface area contributed by atoms with E-state index in [4.69, 9.17) is 0 Å². The Kier molecular flexibility index (Phi) is 4.31. The van der Waals surface area contributed by atoms with Gasteiger partial charge in [0.25, 0.3) is 0 Å². The van der Waals surface area contributed by atoms with Crippen molar-refractivity contribution < 1.29 is 0 Å². The Bertz CT molecular complexity index is 293. The van der Waals surface area contributed by atoms with Crippen molar-refractivity contribution in [3.63, 3.8) is 0 Å². The molecule has 0 saturated carbocycles. The minimum atomic E-state index is 0.684. The van der Waals surface area contributed by atoms with E-state index in [0.29, 0.717) is 6.04 Å². The van der Waals surface area contributed by atoms with Gasteiger partial charge in [-0.2, -0.15) is 0 Å².